The normalized spacial score (nSPS) is 16.7. The number of carbonyl (C=O) groups excluding carboxylic acids is 2. The molecule has 0 aliphatic heterocycles. The molecule has 0 atom stereocenters. The molecule has 0 saturated heterocycles. The first kappa shape index (κ1) is 13.3. The van der Waals surface area contributed by atoms with Crippen LogP contribution in [0.4, 0.5) is 0 Å². The molecule has 3 nitrogen and oxygen atoms in total. The Labute approximate surface area is 115 Å². The van der Waals surface area contributed by atoms with Crippen molar-refractivity contribution in [2.24, 2.45) is 5.92 Å². The van der Waals surface area contributed by atoms with Crippen LogP contribution in [0.15, 0.2) is 22.7 Å². The monoisotopic (exact) mass is 310 g/mol. The second kappa shape index (κ2) is 5.65. The van der Waals surface area contributed by atoms with Crippen molar-refractivity contribution in [1.29, 1.82) is 0 Å². The van der Waals surface area contributed by atoms with Gasteiger partial charge in [-0.1, -0.05) is 0 Å². The molecule has 1 aliphatic carbocycles. The van der Waals surface area contributed by atoms with Crippen LogP contribution in [-0.4, -0.2) is 18.7 Å². The predicted octanol–water partition coefficient (Wildman–Crippen LogP) is 3.40. The first-order valence-corrected chi connectivity index (χ1v) is 6.80. The number of rotatable bonds is 3. The van der Waals surface area contributed by atoms with Crippen LogP contribution in [0.1, 0.15) is 36.0 Å². The molecule has 0 aromatic heterocycles. The van der Waals surface area contributed by atoms with Crippen LogP contribution in [0.25, 0.3) is 0 Å². The Balaban J connectivity index is 2.13. The van der Waals surface area contributed by atoms with E-state index < -0.39 is 0 Å². The molecule has 1 aromatic rings. The number of halogens is 1. The average Bonchev–Trinajstić information content (AvgIpc) is 2.38. The fourth-order valence-electron chi connectivity index (χ4n) is 2.26. The van der Waals surface area contributed by atoms with Crippen LogP contribution in [0, 0.1) is 5.92 Å². The van der Waals surface area contributed by atoms with E-state index in [1.165, 1.54) is 0 Å². The number of methoxy groups -OCH3 is 1. The fraction of sp³-hybridized carbons (Fsp3) is 0.429. The van der Waals surface area contributed by atoms with Gasteiger partial charge in [0.2, 0.25) is 0 Å². The summed E-state index contributed by atoms with van der Waals surface area (Å²) >= 11 is 3.38. The van der Waals surface area contributed by atoms with E-state index in [4.69, 9.17) is 4.74 Å². The second-order valence-corrected chi connectivity index (χ2v) is 5.38. The Hall–Kier alpha value is -1.16. The summed E-state index contributed by atoms with van der Waals surface area (Å²) in [6.07, 6.45) is 2.43. The Kier molecular flexibility index (Phi) is 4.17. The van der Waals surface area contributed by atoms with Gasteiger partial charge >= 0.3 is 0 Å². The summed E-state index contributed by atoms with van der Waals surface area (Å²) < 4.78 is 5.92. The van der Waals surface area contributed by atoms with E-state index in [2.05, 4.69) is 15.9 Å². The summed E-state index contributed by atoms with van der Waals surface area (Å²) in [5.41, 5.74) is 0.682. The molecular weight excluding hydrogens is 296 g/mol. The predicted molar refractivity (Wildman–Crippen MR) is 72.0 cm³/mol. The maximum absolute atomic E-state index is 12.3. The number of ether oxygens (including phenoxy) is 1. The number of ketones is 2. The van der Waals surface area contributed by atoms with Gasteiger partial charge in [-0.05, 0) is 47.0 Å². The van der Waals surface area contributed by atoms with E-state index in [-0.39, 0.29) is 17.5 Å². The molecule has 2 rings (SSSR count). The molecule has 0 amide bonds. The van der Waals surface area contributed by atoms with Crippen molar-refractivity contribution in [3.05, 3.63) is 28.2 Å². The third-order valence-electron chi connectivity index (χ3n) is 3.35. The highest BCUT2D eigenvalue weighted by Crippen LogP contribution is 2.29. The molecule has 1 fully saturated rings. The fourth-order valence-corrected chi connectivity index (χ4v) is 2.80. The first-order chi connectivity index (χ1) is 8.61. The average molecular weight is 311 g/mol. The zero-order valence-corrected chi connectivity index (χ0v) is 11.8. The standard InChI is InChI=1S/C14H15BrO3/c1-18-13-7-4-10(8-12(13)15)14(17)9-2-5-11(16)6-3-9/h4,7-9H,2-3,5-6H2,1H3. The van der Waals surface area contributed by atoms with Crippen molar-refractivity contribution in [3.63, 3.8) is 0 Å². The minimum Gasteiger partial charge on any atom is -0.496 e. The molecule has 1 saturated carbocycles. The van der Waals surface area contributed by atoms with E-state index in [0.717, 1.165) is 4.47 Å². The van der Waals surface area contributed by atoms with Crippen molar-refractivity contribution in [1.82, 2.24) is 0 Å². The van der Waals surface area contributed by atoms with Crippen LogP contribution in [0.5, 0.6) is 5.75 Å². The van der Waals surface area contributed by atoms with Crippen molar-refractivity contribution in [3.8, 4) is 5.75 Å². The van der Waals surface area contributed by atoms with Crippen molar-refractivity contribution in [2.75, 3.05) is 7.11 Å². The van der Waals surface area contributed by atoms with Crippen molar-refractivity contribution < 1.29 is 14.3 Å². The quantitative estimate of drug-likeness (QED) is 0.804. The first-order valence-electron chi connectivity index (χ1n) is 6.01. The third kappa shape index (κ3) is 2.80. The van der Waals surface area contributed by atoms with Gasteiger partial charge in [-0.25, -0.2) is 0 Å². The molecule has 4 heteroatoms. The number of Topliss-reactive ketones (excluding diaryl/α,β-unsaturated/α-hetero) is 2. The number of hydrogen-bond donors (Lipinski definition) is 0. The molecule has 0 N–H and O–H groups in total. The minimum absolute atomic E-state index is 0.0111. The van der Waals surface area contributed by atoms with E-state index in [0.29, 0.717) is 37.0 Å². The van der Waals surface area contributed by atoms with Gasteiger partial charge in [-0.15, -0.1) is 0 Å². The molecule has 1 aliphatic rings. The highest BCUT2D eigenvalue weighted by Gasteiger charge is 2.25. The molecule has 0 heterocycles. The van der Waals surface area contributed by atoms with Crippen LogP contribution < -0.4 is 4.74 Å². The third-order valence-corrected chi connectivity index (χ3v) is 3.97. The summed E-state index contributed by atoms with van der Waals surface area (Å²) in [5.74, 6) is 1.11. The van der Waals surface area contributed by atoms with Crippen molar-refractivity contribution >= 4 is 27.5 Å². The van der Waals surface area contributed by atoms with E-state index >= 15 is 0 Å². The molecular formula is C14H15BrO3. The second-order valence-electron chi connectivity index (χ2n) is 4.53. The SMILES string of the molecule is COc1ccc(C(=O)C2CCC(=O)CC2)cc1Br. The molecule has 0 radical (unpaired) electrons. The van der Waals surface area contributed by atoms with Crippen LogP contribution in [-0.2, 0) is 4.79 Å². The lowest BCUT2D eigenvalue weighted by atomic mass is 9.83. The van der Waals surface area contributed by atoms with Gasteiger partial charge in [0.15, 0.2) is 5.78 Å². The zero-order valence-electron chi connectivity index (χ0n) is 10.2. The topological polar surface area (TPSA) is 43.4 Å². The lowest BCUT2D eigenvalue weighted by molar-refractivity contribution is -0.120. The zero-order chi connectivity index (χ0) is 13.1. The van der Waals surface area contributed by atoms with Gasteiger partial charge in [0.05, 0.1) is 11.6 Å². The van der Waals surface area contributed by atoms with E-state index in [9.17, 15) is 9.59 Å². The Bertz CT molecular complexity index is 472. The number of carbonyl (C=O) groups is 2. The van der Waals surface area contributed by atoms with Gasteiger partial charge in [-0.3, -0.25) is 9.59 Å². The van der Waals surface area contributed by atoms with Gasteiger partial charge in [0.1, 0.15) is 11.5 Å². The summed E-state index contributed by atoms with van der Waals surface area (Å²) in [4.78, 5) is 23.5. The lowest BCUT2D eigenvalue weighted by Gasteiger charge is -2.19. The maximum atomic E-state index is 12.3. The lowest BCUT2D eigenvalue weighted by Crippen LogP contribution is -2.21. The summed E-state index contributed by atoms with van der Waals surface area (Å²) in [7, 11) is 1.59. The van der Waals surface area contributed by atoms with Gasteiger partial charge in [0, 0.05) is 24.3 Å². The van der Waals surface area contributed by atoms with Crippen LogP contribution >= 0.6 is 15.9 Å². The molecule has 0 spiro atoms. The molecule has 18 heavy (non-hydrogen) atoms. The minimum atomic E-state index is -0.0111. The van der Waals surface area contributed by atoms with Gasteiger partial charge in [0.25, 0.3) is 0 Å². The smallest absolute Gasteiger partial charge is 0.166 e. The Morgan fingerprint density at radius 3 is 2.56 bits per heavy atom. The summed E-state index contributed by atoms with van der Waals surface area (Å²) in [5, 5.41) is 0. The molecule has 0 bridgehead atoms. The maximum Gasteiger partial charge on any atom is 0.166 e. The molecule has 96 valence electrons. The Morgan fingerprint density at radius 1 is 1.33 bits per heavy atom. The summed E-state index contributed by atoms with van der Waals surface area (Å²) in [6.45, 7) is 0. The number of benzene rings is 1. The number of hydrogen-bond acceptors (Lipinski definition) is 3. The molecule has 0 unspecified atom stereocenters. The van der Waals surface area contributed by atoms with E-state index in [1.54, 1.807) is 25.3 Å². The van der Waals surface area contributed by atoms with Gasteiger partial charge < -0.3 is 4.74 Å². The van der Waals surface area contributed by atoms with Crippen LogP contribution in [0.3, 0.4) is 0 Å². The highest BCUT2D eigenvalue weighted by molar-refractivity contribution is 9.10. The Morgan fingerprint density at radius 2 is 2.00 bits per heavy atom. The summed E-state index contributed by atoms with van der Waals surface area (Å²) in [6, 6.07) is 5.35. The largest absolute Gasteiger partial charge is 0.496 e. The van der Waals surface area contributed by atoms with Gasteiger partial charge in [-0.2, -0.15) is 0 Å². The molecule has 1 aromatic carbocycles. The highest BCUT2D eigenvalue weighted by atomic mass is 79.9. The van der Waals surface area contributed by atoms with Crippen LogP contribution in [0.2, 0.25) is 0 Å². The van der Waals surface area contributed by atoms with Crippen molar-refractivity contribution in [2.45, 2.75) is 25.7 Å². The van der Waals surface area contributed by atoms with E-state index in [1.807, 2.05) is 0 Å².